The van der Waals surface area contributed by atoms with E-state index in [1.807, 2.05) is 0 Å². The number of esters is 1. The zero-order valence-corrected chi connectivity index (χ0v) is 11.1. The van der Waals surface area contributed by atoms with Gasteiger partial charge < -0.3 is 15.2 Å². The van der Waals surface area contributed by atoms with E-state index in [9.17, 15) is 18.0 Å². The van der Waals surface area contributed by atoms with Crippen LogP contribution >= 0.6 is 0 Å². The van der Waals surface area contributed by atoms with Crippen molar-refractivity contribution in [2.75, 3.05) is 6.61 Å². The van der Waals surface area contributed by atoms with Gasteiger partial charge in [0.1, 0.15) is 0 Å². The van der Waals surface area contributed by atoms with Crippen molar-refractivity contribution < 1.29 is 27.4 Å². The van der Waals surface area contributed by atoms with Crippen LogP contribution in [0.3, 0.4) is 0 Å². The first-order valence-electron chi connectivity index (χ1n) is 5.87. The molecule has 8 heteroatoms. The molecule has 5 nitrogen and oxygen atoms in total. The summed E-state index contributed by atoms with van der Waals surface area (Å²) in [6.07, 6.45) is -5.20. The molecule has 112 valence electrons. The lowest BCUT2D eigenvalue weighted by atomic mass is 10.1. The Morgan fingerprint density at radius 3 is 2.60 bits per heavy atom. The second-order valence-electron chi connectivity index (χ2n) is 3.92. The molecular formula is C12H15F3N2O3. The number of carbonyl (C=O) groups excluding carboxylic acids is 1. The van der Waals surface area contributed by atoms with Gasteiger partial charge >= 0.3 is 12.3 Å². The zero-order chi connectivity index (χ0) is 15.3. The number of hydrogen-bond acceptors (Lipinski definition) is 5. The van der Waals surface area contributed by atoms with Crippen molar-refractivity contribution >= 4 is 5.97 Å². The number of aryl methyl sites for hydroxylation is 1. The fourth-order valence-electron chi connectivity index (χ4n) is 1.66. The summed E-state index contributed by atoms with van der Waals surface area (Å²) in [5.41, 5.74) is 5.85. The van der Waals surface area contributed by atoms with Crippen molar-refractivity contribution in [3.8, 4) is 5.75 Å². The largest absolute Gasteiger partial charge is 0.573 e. The van der Waals surface area contributed by atoms with Crippen LogP contribution in [-0.4, -0.2) is 23.9 Å². The molecule has 0 aromatic carbocycles. The first-order valence-corrected chi connectivity index (χ1v) is 5.87. The van der Waals surface area contributed by atoms with Crippen LogP contribution < -0.4 is 10.5 Å². The second-order valence-corrected chi connectivity index (χ2v) is 3.92. The molecule has 2 N–H and O–H groups in total. The minimum atomic E-state index is -4.86. The Kier molecular flexibility index (Phi) is 5.32. The van der Waals surface area contributed by atoms with Crippen LogP contribution in [0.15, 0.2) is 6.07 Å². The Balaban J connectivity index is 3.15. The number of aromatic nitrogens is 1. The molecule has 0 radical (unpaired) electrons. The Morgan fingerprint density at radius 1 is 1.45 bits per heavy atom. The van der Waals surface area contributed by atoms with E-state index in [2.05, 4.69) is 9.72 Å². The Bertz CT molecular complexity index is 490. The molecule has 1 rings (SSSR count). The highest BCUT2D eigenvalue weighted by molar-refractivity contribution is 5.73. The lowest BCUT2D eigenvalue weighted by molar-refractivity contribution is -0.275. The third-order valence-corrected chi connectivity index (χ3v) is 2.34. The predicted octanol–water partition coefficient (Wildman–Crippen LogP) is 1.85. The summed E-state index contributed by atoms with van der Waals surface area (Å²) >= 11 is 0. The van der Waals surface area contributed by atoms with E-state index in [4.69, 9.17) is 10.5 Å². The third-order valence-electron chi connectivity index (χ3n) is 2.34. The summed E-state index contributed by atoms with van der Waals surface area (Å²) in [7, 11) is 0. The first-order chi connectivity index (χ1) is 9.26. The smallest absolute Gasteiger partial charge is 0.466 e. The van der Waals surface area contributed by atoms with Crippen LogP contribution in [0.5, 0.6) is 5.75 Å². The van der Waals surface area contributed by atoms with Crippen LogP contribution in [0.4, 0.5) is 13.2 Å². The molecular weight excluding hydrogens is 277 g/mol. The molecule has 0 atom stereocenters. The average Bonchev–Trinajstić information content (AvgIpc) is 2.32. The van der Waals surface area contributed by atoms with Gasteiger partial charge in [0, 0.05) is 12.1 Å². The van der Waals surface area contributed by atoms with Gasteiger partial charge in [-0.3, -0.25) is 9.78 Å². The molecule has 0 aliphatic carbocycles. The van der Waals surface area contributed by atoms with Gasteiger partial charge in [0.05, 0.1) is 24.4 Å². The summed E-state index contributed by atoms with van der Waals surface area (Å²) < 4.78 is 45.8. The molecule has 0 bridgehead atoms. The minimum absolute atomic E-state index is 0.0181. The predicted molar refractivity (Wildman–Crippen MR) is 63.9 cm³/mol. The summed E-state index contributed by atoms with van der Waals surface area (Å²) in [5.74, 6) is -1.13. The summed E-state index contributed by atoms with van der Waals surface area (Å²) in [5, 5.41) is 0. The Labute approximate surface area is 113 Å². The lowest BCUT2D eigenvalue weighted by Gasteiger charge is -2.16. The van der Waals surface area contributed by atoms with Crippen LogP contribution in [0.1, 0.15) is 23.9 Å². The molecule has 20 heavy (non-hydrogen) atoms. The van der Waals surface area contributed by atoms with E-state index in [1.54, 1.807) is 6.92 Å². The fraction of sp³-hybridized carbons (Fsp3) is 0.500. The van der Waals surface area contributed by atoms with Gasteiger partial charge in [-0.25, -0.2) is 0 Å². The van der Waals surface area contributed by atoms with Gasteiger partial charge in [-0.15, -0.1) is 13.2 Å². The second kappa shape index (κ2) is 6.56. The van der Waals surface area contributed by atoms with Crippen molar-refractivity contribution in [1.82, 2.24) is 4.98 Å². The number of carbonyl (C=O) groups is 1. The number of nitrogens with zero attached hydrogens (tertiary/aromatic N) is 1. The molecule has 1 aromatic heterocycles. The quantitative estimate of drug-likeness (QED) is 0.838. The topological polar surface area (TPSA) is 74.4 Å². The van der Waals surface area contributed by atoms with Gasteiger partial charge in [-0.05, 0) is 19.9 Å². The maximum absolute atomic E-state index is 12.4. The van der Waals surface area contributed by atoms with E-state index < -0.39 is 18.1 Å². The SMILES string of the molecule is CCOC(=O)Cc1cc(CN)nc(C)c1OC(F)(F)F. The molecule has 0 fully saturated rings. The summed E-state index contributed by atoms with van der Waals surface area (Å²) in [6.45, 7) is 3.15. The maximum Gasteiger partial charge on any atom is 0.573 e. The highest BCUT2D eigenvalue weighted by Crippen LogP contribution is 2.30. The van der Waals surface area contributed by atoms with Crippen molar-refractivity contribution in [2.45, 2.75) is 33.2 Å². The minimum Gasteiger partial charge on any atom is -0.466 e. The van der Waals surface area contributed by atoms with Crippen molar-refractivity contribution in [3.63, 3.8) is 0 Å². The molecule has 0 saturated heterocycles. The monoisotopic (exact) mass is 292 g/mol. The number of alkyl halides is 3. The van der Waals surface area contributed by atoms with E-state index in [-0.39, 0.29) is 30.8 Å². The molecule has 1 heterocycles. The van der Waals surface area contributed by atoms with Crippen LogP contribution in [0, 0.1) is 6.92 Å². The zero-order valence-electron chi connectivity index (χ0n) is 11.1. The molecule has 0 aliphatic rings. The number of ether oxygens (including phenoxy) is 2. The molecule has 0 spiro atoms. The standard InChI is InChI=1S/C12H15F3N2O3/c1-3-19-10(18)5-8-4-9(6-16)17-7(2)11(8)20-12(13,14)15/h4H,3,5-6,16H2,1-2H3. The van der Waals surface area contributed by atoms with Crippen LogP contribution in [0.25, 0.3) is 0 Å². The van der Waals surface area contributed by atoms with Gasteiger partial charge in [0.2, 0.25) is 0 Å². The molecule has 0 unspecified atom stereocenters. The highest BCUT2D eigenvalue weighted by Gasteiger charge is 2.33. The number of rotatable bonds is 5. The van der Waals surface area contributed by atoms with Crippen LogP contribution in [0.2, 0.25) is 0 Å². The van der Waals surface area contributed by atoms with E-state index in [0.717, 1.165) is 0 Å². The van der Waals surface area contributed by atoms with E-state index in [1.165, 1.54) is 13.0 Å². The third kappa shape index (κ3) is 4.69. The average molecular weight is 292 g/mol. The van der Waals surface area contributed by atoms with Gasteiger partial charge in [0.25, 0.3) is 0 Å². The first kappa shape index (κ1) is 16.2. The van der Waals surface area contributed by atoms with E-state index in [0.29, 0.717) is 5.69 Å². The van der Waals surface area contributed by atoms with Crippen LogP contribution in [-0.2, 0) is 22.5 Å². The fourth-order valence-corrected chi connectivity index (χ4v) is 1.66. The van der Waals surface area contributed by atoms with Gasteiger partial charge in [0.15, 0.2) is 5.75 Å². The van der Waals surface area contributed by atoms with Gasteiger partial charge in [-0.2, -0.15) is 0 Å². The number of pyridine rings is 1. The van der Waals surface area contributed by atoms with Crippen molar-refractivity contribution in [1.29, 1.82) is 0 Å². The summed E-state index contributed by atoms with van der Waals surface area (Å²) in [4.78, 5) is 15.3. The lowest BCUT2D eigenvalue weighted by Crippen LogP contribution is -2.21. The molecule has 0 aliphatic heterocycles. The molecule has 1 aromatic rings. The van der Waals surface area contributed by atoms with Gasteiger partial charge in [-0.1, -0.05) is 0 Å². The van der Waals surface area contributed by atoms with E-state index >= 15 is 0 Å². The normalized spacial score (nSPS) is 11.3. The molecule has 0 saturated carbocycles. The Morgan fingerprint density at radius 2 is 2.10 bits per heavy atom. The van der Waals surface area contributed by atoms with Crippen molar-refractivity contribution in [2.24, 2.45) is 5.73 Å². The maximum atomic E-state index is 12.4. The summed E-state index contributed by atoms with van der Waals surface area (Å²) in [6, 6.07) is 1.31. The molecule has 0 amide bonds. The number of halogens is 3. The Hall–Kier alpha value is -1.83. The van der Waals surface area contributed by atoms with Crippen molar-refractivity contribution in [3.05, 3.63) is 23.0 Å². The number of nitrogens with two attached hydrogens (primary N) is 1. The number of hydrogen-bond donors (Lipinski definition) is 1. The highest BCUT2D eigenvalue weighted by atomic mass is 19.4.